The van der Waals surface area contributed by atoms with E-state index in [-0.39, 0.29) is 12.3 Å². The van der Waals surface area contributed by atoms with Crippen LogP contribution >= 0.6 is 0 Å². The van der Waals surface area contributed by atoms with E-state index in [4.69, 9.17) is 14.0 Å². The van der Waals surface area contributed by atoms with E-state index in [2.05, 4.69) is 10.5 Å². The van der Waals surface area contributed by atoms with Crippen molar-refractivity contribution in [3.8, 4) is 17.3 Å². The van der Waals surface area contributed by atoms with Gasteiger partial charge in [0.2, 0.25) is 0 Å². The molecule has 4 heterocycles. The van der Waals surface area contributed by atoms with Gasteiger partial charge in [-0.1, -0.05) is 11.2 Å². The van der Waals surface area contributed by atoms with Gasteiger partial charge < -0.3 is 19.3 Å². The van der Waals surface area contributed by atoms with Crippen LogP contribution in [0.1, 0.15) is 46.4 Å². The molecule has 1 unspecified atom stereocenters. The van der Waals surface area contributed by atoms with Crippen molar-refractivity contribution in [2.45, 2.75) is 39.7 Å². The normalized spacial score (nSPS) is 19.6. The Hall–Kier alpha value is -4.08. The number of benzene rings is 1. The van der Waals surface area contributed by atoms with E-state index in [1.165, 1.54) is 0 Å². The number of urea groups is 1. The Labute approximate surface area is 201 Å². The standard InChI is InChI=1S/C25H26N4O6/c1-14-10-18(16(3)29(14)22-11-15(2)35-27-22)19(30)13-28-23(31)25(4,26-24(28)32)17-6-7-20-21(12-17)34-9-5-8-33-20/h6-7,10-12H,5,8-9,13H2,1-4H3,(H,26,32). The van der Waals surface area contributed by atoms with Crippen LogP contribution in [-0.2, 0) is 10.3 Å². The zero-order chi connectivity index (χ0) is 24.9. The first-order valence-corrected chi connectivity index (χ1v) is 11.4. The lowest BCUT2D eigenvalue weighted by Crippen LogP contribution is -2.41. The predicted octanol–water partition coefficient (Wildman–Crippen LogP) is 3.20. The number of fused-ring (bicyclic) bond motifs is 1. The van der Waals surface area contributed by atoms with Crippen molar-refractivity contribution in [1.29, 1.82) is 0 Å². The van der Waals surface area contributed by atoms with Crippen molar-refractivity contribution in [3.05, 3.63) is 58.6 Å². The third-order valence-corrected chi connectivity index (χ3v) is 6.48. The lowest BCUT2D eigenvalue weighted by atomic mass is 9.91. The smallest absolute Gasteiger partial charge is 0.325 e. The Bertz CT molecular complexity index is 1360. The van der Waals surface area contributed by atoms with Gasteiger partial charge in [0.15, 0.2) is 23.1 Å². The van der Waals surface area contributed by atoms with E-state index in [9.17, 15) is 14.4 Å². The van der Waals surface area contributed by atoms with Crippen LogP contribution in [0.15, 0.2) is 34.9 Å². The molecule has 0 saturated carbocycles. The van der Waals surface area contributed by atoms with Gasteiger partial charge in [-0.25, -0.2) is 4.79 Å². The fourth-order valence-corrected chi connectivity index (χ4v) is 4.60. The summed E-state index contributed by atoms with van der Waals surface area (Å²) in [5.74, 6) is 1.47. The maximum Gasteiger partial charge on any atom is 0.325 e. The van der Waals surface area contributed by atoms with E-state index >= 15 is 0 Å². The molecule has 3 amide bonds. The highest BCUT2D eigenvalue weighted by molar-refractivity contribution is 6.11. The second-order valence-electron chi connectivity index (χ2n) is 9.00. The Morgan fingerprint density at radius 2 is 1.83 bits per heavy atom. The predicted molar refractivity (Wildman–Crippen MR) is 124 cm³/mol. The van der Waals surface area contributed by atoms with Gasteiger partial charge in [0, 0.05) is 29.4 Å². The molecule has 2 aliphatic rings. The molecule has 1 fully saturated rings. The van der Waals surface area contributed by atoms with Gasteiger partial charge in [0.25, 0.3) is 5.91 Å². The molecule has 0 aliphatic carbocycles. The van der Waals surface area contributed by atoms with Gasteiger partial charge in [0.05, 0.1) is 19.8 Å². The lowest BCUT2D eigenvalue weighted by molar-refractivity contribution is -0.130. The molecule has 3 aromatic rings. The number of carbonyl (C=O) groups excluding carboxylic acids is 3. The number of rotatable bonds is 5. The van der Waals surface area contributed by atoms with E-state index in [0.717, 1.165) is 17.0 Å². The number of ether oxygens (including phenoxy) is 2. The first kappa shape index (κ1) is 22.7. The molecular weight excluding hydrogens is 452 g/mol. The van der Waals surface area contributed by atoms with E-state index in [1.54, 1.807) is 55.7 Å². The second-order valence-corrected chi connectivity index (χ2v) is 9.00. The number of carbonyl (C=O) groups is 3. The molecule has 0 spiro atoms. The molecule has 0 bridgehead atoms. The first-order valence-electron chi connectivity index (χ1n) is 11.4. The van der Waals surface area contributed by atoms with Gasteiger partial charge in [-0.05, 0) is 51.5 Å². The van der Waals surface area contributed by atoms with E-state index in [0.29, 0.717) is 53.1 Å². The Morgan fingerprint density at radius 1 is 1.09 bits per heavy atom. The molecule has 10 heteroatoms. The van der Waals surface area contributed by atoms with Crippen molar-refractivity contribution in [1.82, 2.24) is 19.9 Å². The van der Waals surface area contributed by atoms with Crippen molar-refractivity contribution >= 4 is 17.7 Å². The summed E-state index contributed by atoms with van der Waals surface area (Å²) in [4.78, 5) is 40.4. The van der Waals surface area contributed by atoms with Crippen molar-refractivity contribution < 1.29 is 28.4 Å². The average Bonchev–Trinajstić information content (AvgIpc) is 3.35. The fraction of sp³-hybridized carbons (Fsp3) is 0.360. The Morgan fingerprint density at radius 3 is 2.54 bits per heavy atom. The summed E-state index contributed by atoms with van der Waals surface area (Å²) in [7, 11) is 0. The zero-order valence-corrected chi connectivity index (χ0v) is 20.0. The van der Waals surface area contributed by atoms with Crippen molar-refractivity contribution in [2.24, 2.45) is 0 Å². The largest absolute Gasteiger partial charge is 0.490 e. The molecule has 5 rings (SSSR count). The van der Waals surface area contributed by atoms with Crippen LogP contribution in [0.3, 0.4) is 0 Å². The van der Waals surface area contributed by atoms with Crippen LogP contribution in [-0.4, -0.2) is 52.1 Å². The number of aryl methyl sites for hydroxylation is 2. The highest BCUT2D eigenvalue weighted by Crippen LogP contribution is 2.36. The molecule has 182 valence electrons. The number of nitrogens with zero attached hydrogens (tertiary/aromatic N) is 3. The van der Waals surface area contributed by atoms with Gasteiger partial charge in [-0.3, -0.25) is 19.1 Å². The SMILES string of the molecule is Cc1cc(-n2c(C)cc(C(=O)CN3C(=O)NC(C)(c4ccc5c(c4)OCCCO5)C3=O)c2C)no1. The summed E-state index contributed by atoms with van der Waals surface area (Å²) in [6, 6.07) is 8.03. The maximum absolute atomic E-state index is 13.4. The summed E-state index contributed by atoms with van der Waals surface area (Å²) in [5, 5.41) is 6.77. The van der Waals surface area contributed by atoms with Crippen molar-refractivity contribution in [2.75, 3.05) is 19.8 Å². The molecule has 10 nitrogen and oxygen atoms in total. The minimum absolute atomic E-state index is 0.351. The number of amides is 3. The summed E-state index contributed by atoms with van der Waals surface area (Å²) in [6.45, 7) is 7.71. The van der Waals surface area contributed by atoms with Crippen LogP contribution in [0, 0.1) is 20.8 Å². The third-order valence-electron chi connectivity index (χ3n) is 6.48. The summed E-state index contributed by atoms with van der Waals surface area (Å²) in [6.07, 6.45) is 0.754. The average molecular weight is 479 g/mol. The maximum atomic E-state index is 13.4. The van der Waals surface area contributed by atoms with Gasteiger partial charge >= 0.3 is 6.03 Å². The zero-order valence-electron chi connectivity index (χ0n) is 20.0. The highest BCUT2D eigenvalue weighted by Gasteiger charge is 2.50. The number of nitrogens with one attached hydrogen (secondary N) is 1. The molecular formula is C25H26N4O6. The minimum Gasteiger partial charge on any atom is -0.490 e. The highest BCUT2D eigenvalue weighted by atomic mass is 16.5. The molecule has 1 atom stereocenters. The number of hydrogen-bond donors (Lipinski definition) is 1. The number of Topliss-reactive ketones (excluding diaryl/α,β-unsaturated/α-hetero) is 1. The molecule has 2 aromatic heterocycles. The van der Waals surface area contributed by atoms with Crippen molar-refractivity contribution in [3.63, 3.8) is 0 Å². The number of imide groups is 1. The van der Waals surface area contributed by atoms with Crippen LogP contribution in [0.2, 0.25) is 0 Å². The monoisotopic (exact) mass is 478 g/mol. The number of hydrogen-bond acceptors (Lipinski definition) is 7. The molecule has 1 aromatic carbocycles. The molecule has 1 N–H and O–H groups in total. The third kappa shape index (κ3) is 3.74. The quantitative estimate of drug-likeness (QED) is 0.442. The van der Waals surface area contributed by atoms with Gasteiger partial charge in [-0.15, -0.1) is 0 Å². The second kappa shape index (κ2) is 8.30. The molecule has 2 aliphatic heterocycles. The number of ketones is 1. The number of aromatic nitrogens is 2. The van der Waals surface area contributed by atoms with E-state index in [1.807, 2.05) is 6.92 Å². The molecule has 1 saturated heterocycles. The Balaban J connectivity index is 1.40. The Kier molecular flexibility index (Phi) is 5.38. The van der Waals surface area contributed by atoms with Crippen LogP contribution < -0.4 is 14.8 Å². The van der Waals surface area contributed by atoms with Crippen LogP contribution in [0.25, 0.3) is 5.82 Å². The summed E-state index contributed by atoms with van der Waals surface area (Å²) < 4.78 is 18.4. The molecule has 0 radical (unpaired) electrons. The topological polar surface area (TPSA) is 116 Å². The van der Waals surface area contributed by atoms with Gasteiger partial charge in [-0.2, -0.15) is 0 Å². The van der Waals surface area contributed by atoms with Crippen LogP contribution in [0.5, 0.6) is 11.5 Å². The fourth-order valence-electron chi connectivity index (χ4n) is 4.60. The van der Waals surface area contributed by atoms with Crippen LogP contribution in [0.4, 0.5) is 4.79 Å². The summed E-state index contributed by atoms with van der Waals surface area (Å²) in [5.41, 5.74) is 1.06. The summed E-state index contributed by atoms with van der Waals surface area (Å²) >= 11 is 0. The van der Waals surface area contributed by atoms with Gasteiger partial charge in [0.1, 0.15) is 11.3 Å². The minimum atomic E-state index is -1.34. The first-order chi connectivity index (χ1) is 16.7. The lowest BCUT2D eigenvalue weighted by Gasteiger charge is -2.23. The molecule has 35 heavy (non-hydrogen) atoms. The van der Waals surface area contributed by atoms with E-state index < -0.39 is 17.5 Å².